The van der Waals surface area contributed by atoms with Crippen molar-refractivity contribution in [2.45, 2.75) is 38.6 Å². The molecular formula is C13H19N3O2. The van der Waals surface area contributed by atoms with Gasteiger partial charge in [0.2, 0.25) is 0 Å². The van der Waals surface area contributed by atoms with Crippen LogP contribution in [0.5, 0.6) is 0 Å². The van der Waals surface area contributed by atoms with Gasteiger partial charge in [0.1, 0.15) is 5.82 Å². The van der Waals surface area contributed by atoms with Crippen molar-refractivity contribution in [3.05, 3.63) is 18.1 Å². The van der Waals surface area contributed by atoms with Crippen molar-refractivity contribution in [1.29, 1.82) is 0 Å². The zero-order valence-corrected chi connectivity index (χ0v) is 10.8. The molecule has 1 aromatic rings. The molecule has 0 bridgehead atoms. The molecule has 98 valence electrons. The molecule has 0 aliphatic heterocycles. The number of hydrogen-bond donors (Lipinski definition) is 1. The molecule has 0 spiro atoms. The third kappa shape index (κ3) is 2.78. The SMILES string of the molecule is CC1CCC(N(C)c2cncc(C(=O)O)n2)CC1. The number of anilines is 1. The number of aromatic carboxylic acids is 1. The molecule has 1 aliphatic rings. The van der Waals surface area contributed by atoms with Gasteiger partial charge in [-0.05, 0) is 31.6 Å². The first-order chi connectivity index (χ1) is 8.58. The molecule has 1 heterocycles. The predicted molar refractivity (Wildman–Crippen MR) is 68.8 cm³/mol. The normalized spacial score (nSPS) is 23.7. The monoisotopic (exact) mass is 249 g/mol. The minimum Gasteiger partial charge on any atom is -0.476 e. The van der Waals surface area contributed by atoms with Crippen LogP contribution in [-0.4, -0.2) is 34.1 Å². The Labute approximate surface area is 107 Å². The highest BCUT2D eigenvalue weighted by Gasteiger charge is 2.23. The lowest BCUT2D eigenvalue weighted by atomic mass is 9.87. The second-order valence-electron chi connectivity index (χ2n) is 5.09. The summed E-state index contributed by atoms with van der Waals surface area (Å²) in [5.41, 5.74) is 0.00327. The molecule has 0 amide bonds. The summed E-state index contributed by atoms with van der Waals surface area (Å²) in [7, 11) is 1.97. The Balaban J connectivity index is 2.10. The first-order valence-electron chi connectivity index (χ1n) is 6.36. The van der Waals surface area contributed by atoms with Gasteiger partial charge in [0, 0.05) is 13.1 Å². The molecule has 5 heteroatoms. The maximum absolute atomic E-state index is 10.9. The highest BCUT2D eigenvalue weighted by molar-refractivity contribution is 5.85. The summed E-state index contributed by atoms with van der Waals surface area (Å²) in [6.07, 6.45) is 7.63. The predicted octanol–water partition coefficient (Wildman–Crippen LogP) is 2.19. The highest BCUT2D eigenvalue weighted by Crippen LogP contribution is 2.28. The third-order valence-electron chi connectivity index (χ3n) is 3.74. The van der Waals surface area contributed by atoms with E-state index in [1.54, 1.807) is 6.20 Å². The van der Waals surface area contributed by atoms with Gasteiger partial charge >= 0.3 is 5.97 Å². The fourth-order valence-electron chi connectivity index (χ4n) is 2.45. The topological polar surface area (TPSA) is 66.3 Å². The van der Waals surface area contributed by atoms with Gasteiger partial charge in [-0.15, -0.1) is 0 Å². The van der Waals surface area contributed by atoms with E-state index in [0.717, 1.165) is 18.8 Å². The van der Waals surface area contributed by atoms with Crippen LogP contribution < -0.4 is 4.90 Å². The van der Waals surface area contributed by atoms with E-state index in [1.165, 1.54) is 19.0 Å². The molecule has 0 aromatic carbocycles. The summed E-state index contributed by atoms with van der Waals surface area (Å²) >= 11 is 0. The lowest BCUT2D eigenvalue weighted by molar-refractivity contribution is 0.0690. The van der Waals surface area contributed by atoms with Crippen LogP contribution in [0.2, 0.25) is 0 Å². The van der Waals surface area contributed by atoms with Gasteiger partial charge in [-0.2, -0.15) is 0 Å². The molecule has 1 fully saturated rings. The molecule has 5 nitrogen and oxygen atoms in total. The molecule has 1 N–H and O–H groups in total. The fourth-order valence-corrected chi connectivity index (χ4v) is 2.45. The maximum Gasteiger partial charge on any atom is 0.356 e. The molecule has 0 unspecified atom stereocenters. The zero-order chi connectivity index (χ0) is 13.1. The zero-order valence-electron chi connectivity index (χ0n) is 10.8. The Bertz CT molecular complexity index is 428. The van der Waals surface area contributed by atoms with Crippen LogP contribution in [-0.2, 0) is 0 Å². The molecule has 0 radical (unpaired) electrons. The van der Waals surface area contributed by atoms with Crippen LogP contribution >= 0.6 is 0 Å². The Kier molecular flexibility index (Phi) is 3.79. The van der Waals surface area contributed by atoms with Gasteiger partial charge < -0.3 is 10.0 Å². The average molecular weight is 249 g/mol. The summed E-state index contributed by atoms with van der Waals surface area (Å²) in [5.74, 6) is 0.413. The second kappa shape index (κ2) is 5.33. The van der Waals surface area contributed by atoms with Crippen LogP contribution in [0.4, 0.5) is 5.82 Å². The van der Waals surface area contributed by atoms with Crippen molar-refractivity contribution < 1.29 is 9.90 Å². The number of carbonyl (C=O) groups is 1. The van der Waals surface area contributed by atoms with E-state index in [2.05, 4.69) is 21.8 Å². The molecule has 2 rings (SSSR count). The Morgan fingerprint density at radius 2 is 2.00 bits per heavy atom. The first-order valence-corrected chi connectivity index (χ1v) is 6.36. The lowest BCUT2D eigenvalue weighted by Gasteiger charge is -2.34. The number of hydrogen-bond acceptors (Lipinski definition) is 4. The second-order valence-corrected chi connectivity index (χ2v) is 5.09. The standard InChI is InChI=1S/C13H19N3O2/c1-9-3-5-10(6-4-9)16(2)12-8-14-7-11(15-12)13(17)18/h7-10H,3-6H2,1-2H3,(H,17,18). The van der Waals surface area contributed by atoms with Crippen LogP contribution in [0, 0.1) is 5.92 Å². The van der Waals surface area contributed by atoms with Gasteiger partial charge in [-0.25, -0.2) is 9.78 Å². The Morgan fingerprint density at radius 3 is 2.61 bits per heavy atom. The average Bonchev–Trinajstić information content (AvgIpc) is 2.39. The van der Waals surface area contributed by atoms with E-state index in [4.69, 9.17) is 5.11 Å². The number of carboxylic acids is 1. The Hall–Kier alpha value is -1.65. The molecule has 0 atom stereocenters. The van der Waals surface area contributed by atoms with E-state index in [-0.39, 0.29) is 5.69 Å². The fraction of sp³-hybridized carbons (Fsp3) is 0.615. The van der Waals surface area contributed by atoms with Gasteiger partial charge in [0.05, 0.1) is 12.4 Å². The van der Waals surface area contributed by atoms with Crippen molar-refractivity contribution in [3.63, 3.8) is 0 Å². The highest BCUT2D eigenvalue weighted by atomic mass is 16.4. The number of rotatable bonds is 3. The van der Waals surface area contributed by atoms with Crippen molar-refractivity contribution in [3.8, 4) is 0 Å². The van der Waals surface area contributed by atoms with Crippen molar-refractivity contribution in [2.24, 2.45) is 5.92 Å². The van der Waals surface area contributed by atoms with E-state index in [0.29, 0.717) is 11.9 Å². The van der Waals surface area contributed by atoms with Gasteiger partial charge in [-0.1, -0.05) is 6.92 Å². The summed E-state index contributed by atoms with van der Waals surface area (Å²) in [6, 6.07) is 0.444. The van der Waals surface area contributed by atoms with Gasteiger partial charge in [0.25, 0.3) is 0 Å². The largest absolute Gasteiger partial charge is 0.476 e. The molecule has 0 saturated heterocycles. The van der Waals surface area contributed by atoms with Gasteiger partial charge in [-0.3, -0.25) is 4.98 Å². The number of nitrogens with zero attached hydrogens (tertiary/aromatic N) is 3. The minimum atomic E-state index is -1.03. The number of aromatic nitrogens is 2. The van der Waals surface area contributed by atoms with Crippen molar-refractivity contribution in [2.75, 3.05) is 11.9 Å². The van der Waals surface area contributed by atoms with Crippen molar-refractivity contribution in [1.82, 2.24) is 9.97 Å². The third-order valence-corrected chi connectivity index (χ3v) is 3.74. The van der Waals surface area contributed by atoms with E-state index < -0.39 is 5.97 Å². The lowest BCUT2D eigenvalue weighted by Crippen LogP contribution is -2.35. The molecule has 1 saturated carbocycles. The van der Waals surface area contributed by atoms with E-state index >= 15 is 0 Å². The smallest absolute Gasteiger partial charge is 0.356 e. The van der Waals surface area contributed by atoms with Crippen molar-refractivity contribution >= 4 is 11.8 Å². The van der Waals surface area contributed by atoms with Gasteiger partial charge in [0.15, 0.2) is 5.69 Å². The summed E-state index contributed by atoms with van der Waals surface area (Å²) in [5, 5.41) is 8.92. The van der Waals surface area contributed by atoms with Crippen LogP contribution in [0.25, 0.3) is 0 Å². The number of carboxylic acid groups (broad SMARTS) is 1. The van der Waals surface area contributed by atoms with E-state index in [9.17, 15) is 4.79 Å². The summed E-state index contributed by atoms with van der Waals surface area (Å²) in [6.45, 7) is 2.28. The maximum atomic E-state index is 10.9. The van der Waals surface area contributed by atoms with E-state index in [1.807, 2.05) is 7.05 Å². The van der Waals surface area contributed by atoms with Crippen LogP contribution in [0.15, 0.2) is 12.4 Å². The Morgan fingerprint density at radius 1 is 1.33 bits per heavy atom. The minimum absolute atomic E-state index is 0.00327. The molecular weight excluding hydrogens is 230 g/mol. The van der Waals surface area contributed by atoms with Crippen LogP contribution in [0.3, 0.4) is 0 Å². The molecule has 18 heavy (non-hydrogen) atoms. The summed E-state index contributed by atoms with van der Waals surface area (Å²) < 4.78 is 0. The van der Waals surface area contributed by atoms with Crippen LogP contribution in [0.1, 0.15) is 43.1 Å². The quantitative estimate of drug-likeness (QED) is 0.889. The molecule has 1 aromatic heterocycles. The molecule has 1 aliphatic carbocycles. The first kappa shape index (κ1) is 12.8. The summed E-state index contributed by atoms with van der Waals surface area (Å²) in [4.78, 5) is 21.0.